The lowest BCUT2D eigenvalue weighted by Crippen LogP contribution is -2.57. The highest BCUT2D eigenvalue weighted by Gasteiger charge is 2.73. The van der Waals surface area contributed by atoms with Gasteiger partial charge in [0.1, 0.15) is 11.3 Å². The maximum Gasteiger partial charge on any atom is 0.292 e. The summed E-state index contributed by atoms with van der Waals surface area (Å²) in [6, 6.07) is 4.40. The second-order valence-corrected chi connectivity index (χ2v) is 4.95. The normalized spacial score (nSPS) is 35.6. The highest BCUT2D eigenvalue weighted by Crippen LogP contribution is 2.61. The lowest BCUT2D eigenvalue weighted by atomic mass is 9.57. The summed E-state index contributed by atoms with van der Waals surface area (Å²) in [6.07, 6.45) is 2.59. The van der Waals surface area contributed by atoms with Crippen LogP contribution in [0.1, 0.15) is 19.8 Å². The second-order valence-electron chi connectivity index (χ2n) is 4.95. The van der Waals surface area contributed by atoms with Crippen molar-refractivity contribution in [2.45, 2.75) is 25.7 Å². The van der Waals surface area contributed by atoms with E-state index in [2.05, 4.69) is 17.1 Å². The zero-order valence-corrected chi connectivity index (χ0v) is 11.2. The molecule has 2 atom stereocenters. The predicted molar refractivity (Wildman–Crippen MR) is 67.5 cm³/mol. The van der Waals surface area contributed by atoms with Crippen LogP contribution in [0.3, 0.4) is 0 Å². The summed E-state index contributed by atoms with van der Waals surface area (Å²) in [5, 5.41) is 19.4. The fraction of sp³-hybridized carbons (Fsp3) is 0.615. The third-order valence-electron chi connectivity index (χ3n) is 4.21. The molecule has 0 amide bonds. The van der Waals surface area contributed by atoms with E-state index in [0.29, 0.717) is 12.8 Å². The molecule has 0 radical (unpaired) electrons. The molecule has 0 aromatic rings. The summed E-state index contributed by atoms with van der Waals surface area (Å²) in [7, 11) is 2.80. The Kier molecular flexibility index (Phi) is 2.89. The molecule has 6 heteroatoms. The molecule has 100 valence electrons. The summed E-state index contributed by atoms with van der Waals surface area (Å²) in [5.74, 6) is -1.42. The van der Waals surface area contributed by atoms with Gasteiger partial charge in [-0.15, -0.1) is 0 Å². The number of methoxy groups -OCH3 is 2. The molecule has 2 aliphatic rings. The summed E-state index contributed by atoms with van der Waals surface area (Å²) in [5.41, 5.74) is 4.52. The molecule has 1 heterocycles. The number of rotatable bonds is 2. The number of nitrogens with two attached hydrogens (primary N) is 1. The van der Waals surface area contributed by atoms with Crippen LogP contribution < -0.4 is 5.73 Å². The van der Waals surface area contributed by atoms with Gasteiger partial charge in [0.15, 0.2) is 5.41 Å². The first-order chi connectivity index (χ1) is 8.97. The minimum atomic E-state index is -1.53. The first-order valence-corrected chi connectivity index (χ1v) is 5.92. The number of nitriles is 2. The number of ether oxygens (including phenoxy) is 2. The standard InChI is InChI=1S/C13H16N4O2/c1-9-4-5-12(8-15)11(6-9,7-14)10(16)17-13(12,18-2)19-3/h4H,5-6H2,1-3H3,(H2,16,17)/t11-,12+/m0/s1. The second kappa shape index (κ2) is 4.06. The van der Waals surface area contributed by atoms with E-state index in [1.165, 1.54) is 14.2 Å². The van der Waals surface area contributed by atoms with E-state index in [4.69, 9.17) is 15.2 Å². The first-order valence-electron chi connectivity index (χ1n) is 5.92. The smallest absolute Gasteiger partial charge is 0.292 e. The fourth-order valence-electron chi connectivity index (χ4n) is 3.13. The minimum absolute atomic E-state index is 0.104. The van der Waals surface area contributed by atoms with Crippen molar-refractivity contribution in [3.63, 3.8) is 0 Å². The Bertz CT molecular complexity index is 550. The summed E-state index contributed by atoms with van der Waals surface area (Å²) < 4.78 is 10.7. The number of amidine groups is 1. The topological polar surface area (TPSA) is 104 Å². The highest BCUT2D eigenvalue weighted by atomic mass is 16.7. The van der Waals surface area contributed by atoms with E-state index < -0.39 is 16.7 Å². The molecule has 2 N–H and O–H groups in total. The van der Waals surface area contributed by atoms with Gasteiger partial charge in [0.05, 0.1) is 12.1 Å². The van der Waals surface area contributed by atoms with Crippen molar-refractivity contribution in [3.8, 4) is 12.1 Å². The lowest BCUT2D eigenvalue weighted by Gasteiger charge is -2.44. The number of hydrogen-bond acceptors (Lipinski definition) is 6. The van der Waals surface area contributed by atoms with Gasteiger partial charge in [-0.25, -0.2) is 4.99 Å². The molecule has 1 aliphatic heterocycles. The predicted octanol–water partition coefficient (Wildman–Crippen LogP) is 1.06. The van der Waals surface area contributed by atoms with Crippen LogP contribution in [-0.4, -0.2) is 26.0 Å². The average molecular weight is 260 g/mol. The van der Waals surface area contributed by atoms with E-state index in [1.807, 2.05) is 13.0 Å². The van der Waals surface area contributed by atoms with Crippen molar-refractivity contribution >= 4 is 5.84 Å². The van der Waals surface area contributed by atoms with Crippen LogP contribution in [0, 0.1) is 33.5 Å². The van der Waals surface area contributed by atoms with E-state index in [1.54, 1.807) is 0 Å². The molecule has 0 aromatic heterocycles. The molecule has 0 spiro atoms. The van der Waals surface area contributed by atoms with Gasteiger partial charge < -0.3 is 15.2 Å². The Hall–Kier alpha value is -1.89. The third kappa shape index (κ3) is 1.28. The van der Waals surface area contributed by atoms with E-state index >= 15 is 0 Å². The van der Waals surface area contributed by atoms with Crippen molar-refractivity contribution in [2.24, 2.45) is 21.6 Å². The summed E-state index contributed by atoms with van der Waals surface area (Å²) in [4.78, 5) is 4.19. The minimum Gasteiger partial charge on any atom is -0.386 e. The maximum atomic E-state index is 9.73. The van der Waals surface area contributed by atoms with Crippen LogP contribution >= 0.6 is 0 Å². The number of hydrogen-bond donors (Lipinski definition) is 1. The third-order valence-corrected chi connectivity index (χ3v) is 4.21. The monoisotopic (exact) mass is 260 g/mol. The maximum absolute atomic E-state index is 9.73. The number of nitrogens with zero attached hydrogens (tertiary/aromatic N) is 3. The average Bonchev–Trinajstić information content (AvgIpc) is 2.65. The van der Waals surface area contributed by atoms with Crippen LogP contribution in [0.2, 0.25) is 0 Å². The van der Waals surface area contributed by atoms with Gasteiger partial charge in [0.25, 0.3) is 5.91 Å². The fourth-order valence-corrected chi connectivity index (χ4v) is 3.13. The Balaban J connectivity index is 2.77. The van der Waals surface area contributed by atoms with Crippen LogP contribution in [0.25, 0.3) is 0 Å². The van der Waals surface area contributed by atoms with Gasteiger partial charge in [-0.3, -0.25) is 0 Å². The molecular weight excluding hydrogens is 244 g/mol. The Morgan fingerprint density at radius 3 is 2.42 bits per heavy atom. The molecule has 2 rings (SSSR count). The van der Waals surface area contributed by atoms with Crippen LogP contribution in [0.5, 0.6) is 0 Å². The summed E-state index contributed by atoms with van der Waals surface area (Å²) >= 11 is 0. The molecule has 0 saturated carbocycles. The SMILES string of the molecule is COC1(OC)N=C(N)[C@@]2(C#N)CC(C)=CC[C@]12C#N. The van der Waals surface area contributed by atoms with Crippen molar-refractivity contribution in [1.29, 1.82) is 10.5 Å². The van der Waals surface area contributed by atoms with Gasteiger partial charge in [0.2, 0.25) is 0 Å². The number of allylic oxidation sites excluding steroid dienone is 2. The Labute approximate surface area is 112 Å². The highest BCUT2D eigenvalue weighted by molar-refractivity contribution is 5.94. The number of fused-ring (bicyclic) bond motifs is 1. The van der Waals surface area contributed by atoms with Crippen LogP contribution in [-0.2, 0) is 9.47 Å². The largest absolute Gasteiger partial charge is 0.386 e. The van der Waals surface area contributed by atoms with E-state index in [9.17, 15) is 10.5 Å². The molecule has 0 fully saturated rings. The van der Waals surface area contributed by atoms with Crippen molar-refractivity contribution < 1.29 is 9.47 Å². The Morgan fingerprint density at radius 2 is 1.95 bits per heavy atom. The van der Waals surface area contributed by atoms with Crippen LogP contribution in [0.15, 0.2) is 16.6 Å². The lowest BCUT2D eigenvalue weighted by molar-refractivity contribution is -0.260. The molecule has 0 bridgehead atoms. The molecule has 0 saturated heterocycles. The molecule has 0 aromatic carbocycles. The molecule has 0 unspecified atom stereocenters. The number of aliphatic imine (C=N–C) groups is 1. The molecular formula is C13H16N4O2. The van der Waals surface area contributed by atoms with E-state index in [-0.39, 0.29) is 5.84 Å². The van der Waals surface area contributed by atoms with Crippen molar-refractivity contribution in [2.75, 3.05) is 14.2 Å². The van der Waals surface area contributed by atoms with Gasteiger partial charge in [-0.05, 0) is 19.8 Å². The Morgan fingerprint density at radius 1 is 1.32 bits per heavy atom. The summed E-state index contributed by atoms with van der Waals surface area (Å²) in [6.45, 7) is 1.91. The zero-order valence-electron chi connectivity index (χ0n) is 11.2. The van der Waals surface area contributed by atoms with Gasteiger partial charge >= 0.3 is 0 Å². The molecule has 6 nitrogen and oxygen atoms in total. The zero-order chi connectivity index (χ0) is 14.3. The van der Waals surface area contributed by atoms with Gasteiger partial charge in [-0.2, -0.15) is 10.5 Å². The quantitative estimate of drug-likeness (QED) is 0.590. The first kappa shape index (κ1) is 13.5. The molecule has 1 aliphatic carbocycles. The molecule has 19 heavy (non-hydrogen) atoms. The van der Waals surface area contributed by atoms with E-state index in [0.717, 1.165) is 5.57 Å². The van der Waals surface area contributed by atoms with Crippen molar-refractivity contribution in [1.82, 2.24) is 0 Å². The van der Waals surface area contributed by atoms with Crippen molar-refractivity contribution in [3.05, 3.63) is 11.6 Å². The van der Waals surface area contributed by atoms with Gasteiger partial charge in [-0.1, -0.05) is 11.6 Å². The van der Waals surface area contributed by atoms with Gasteiger partial charge in [0, 0.05) is 14.2 Å². The van der Waals surface area contributed by atoms with Crippen LogP contribution in [0.4, 0.5) is 0 Å².